The van der Waals surface area contributed by atoms with Gasteiger partial charge in [0, 0.05) is 32.9 Å². The second kappa shape index (κ2) is 5.72. The molecule has 1 amide bonds. The van der Waals surface area contributed by atoms with Gasteiger partial charge in [-0.1, -0.05) is 0 Å². The number of hydrogen-bond acceptors (Lipinski definition) is 3. The van der Waals surface area contributed by atoms with Gasteiger partial charge >= 0.3 is 0 Å². The first kappa shape index (κ1) is 13.6. The molecule has 0 fully saturated rings. The number of methoxy groups -OCH3 is 1. The van der Waals surface area contributed by atoms with Crippen LogP contribution < -0.4 is 5.73 Å². The smallest absolute Gasteiger partial charge is 0.270 e. The number of nitrogens with two attached hydrogens (primary N) is 1. The minimum absolute atomic E-state index is 0.0174. The van der Waals surface area contributed by atoms with Gasteiger partial charge in [0.05, 0.1) is 12.3 Å². The number of nitrogen functional groups attached to an aromatic ring is 1. The summed E-state index contributed by atoms with van der Waals surface area (Å²) in [5.41, 5.74) is 6.88. The van der Waals surface area contributed by atoms with Crippen molar-refractivity contribution in [1.82, 2.24) is 9.47 Å². The van der Waals surface area contributed by atoms with E-state index in [0.29, 0.717) is 24.5 Å². The van der Waals surface area contributed by atoms with E-state index in [1.807, 2.05) is 20.9 Å². The van der Waals surface area contributed by atoms with Crippen LogP contribution in [0.1, 0.15) is 24.3 Å². The SMILES string of the molecule is COCCN(C(=O)c1cc(N)cn1C)C(C)C. The van der Waals surface area contributed by atoms with Crippen LogP contribution in [0.4, 0.5) is 5.69 Å². The van der Waals surface area contributed by atoms with Crippen molar-refractivity contribution in [3.8, 4) is 0 Å². The van der Waals surface area contributed by atoms with Crippen LogP contribution in [0.2, 0.25) is 0 Å². The summed E-state index contributed by atoms with van der Waals surface area (Å²) in [4.78, 5) is 14.1. The molecule has 1 aromatic rings. The molecule has 0 saturated carbocycles. The molecule has 0 bridgehead atoms. The third-order valence-corrected chi connectivity index (χ3v) is 2.67. The summed E-state index contributed by atoms with van der Waals surface area (Å²) < 4.78 is 6.77. The van der Waals surface area contributed by atoms with E-state index in [1.165, 1.54) is 0 Å². The highest BCUT2D eigenvalue weighted by Gasteiger charge is 2.20. The Labute approximate surface area is 102 Å². The van der Waals surface area contributed by atoms with Crippen molar-refractivity contribution in [1.29, 1.82) is 0 Å². The van der Waals surface area contributed by atoms with Gasteiger partial charge in [0.25, 0.3) is 5.91 Å². The predicted octanol–water partition coefficient (Wildman–Crippen LogP) is 1.10. The second-order valence-corrected chi connectivity index (χ2v) is 4.35. The topological polar surface area (TPSA) is 60.5 Å². The number of ether oxygens (including phenoxy) is 1. The number of hydrogen-bond donors (Lipinski definition) is 1. The average molecular weight is 239 g/mol. The lowest BCUT2D eigenvalue weighted by molar-refractivity contribution is 0.0625. The molecular formula is C12H21N3O2. The minimum atomic E-state index is -0.0174. The Kier molecular flexibility index (Phi) is 4.57. The second-order valence-electron chi connectivity index (χ2n) is 4.35. The van der Waals surface area contributed by atoms with Crippen molar-refractivity contribution >= 4 is 11.6 Å². The highest BCUT2D eigenvalue weighted by atomic mass is 16.5. The van der Waals surface area contributed by atoms with E-state index < -0.39 is 0 Å². The highest BCUT2D eigenvalue weighted by molar-refractivity contribution is 5.94. The number of nitrogens with zero attached hydrogens (tertiary/aromatic N) is 2. The van der Waals surface area contributed by atoms with Crippen molar-refractivity contribution in [2.45, 2.75) is 19.9 Å². The largest absolute Gasteiger partial charge is 0.397 e. The molecule has 0 aromatic carbocycles. The molecule has 1 aromatic heterocycles. The van der Waals surface area contributed by atoms with Gasteiger partial charge in [-0.2, -0.15) is 0 Å². The van der Waals surface area contributed by atoms with Crippen LogP contribution >= 0.6 is 0 Å². The van der Waals surface area contributed by atoms with Crippen LogP contribution in [0.15, 0.2) is 12.3 Å². The van der Waals surface area contributed by atoms with Gasteiger partial charge in [0.1, 0.15) is 5.69 Å². The molecule has 1 heterocycles. The zero-order valence-corrected chi connectivity index (χ0v) is 10.9. The number of aromatic nitrogens is 1. The number of amides is 1. The molecular weight excluding hydrogens is 218 g/mol. The fourth-order valence-electron chi connectivity index (χ4n) is 1.73. The zero-order chi connectivity index (χ0) is 13.0. The lowest BCUT2D eigenvalue weighted by atomic mass is 10.2. The van der Waals surface area contributed by atoms with E-state index >= 15 is 0 Å². The molecule has 1 rings (SSSR count). The molecule has 0 unspecified atom stereocenters. The summed E-state index contributed by atoms with van der Waals surface area (Å²) in [7, 11) is 3.45. The number of aryl methyl sites for hydroxylation is 1. The molecule has 5 nitrogen and oxygen atoms in total. The molecule has 0 saturated heterocycles. The molecule has 0 aliphatic rings. The third-order valence-electron chi connectivity index (χ3n) is 2.67. The van der Waals surface area contributed by atoms with Crippen LogP contribution in [0, 0.1) is 0 Å². The Balaban J connectivity index is 2.87. The van der Waals surface area contributed by atoms with E-state index in [4.69, 9.17) is 10.5 Å². The van der Waals surface area contributed by atoms with E-state index in [0.717, 1.165) is 0 Å². The lowest BCUT2D eigenvalue weighted by Gasteiger charge is -2.26. The van der Waals surface area contributed by atoms with Crippen LogP contribution in [0.5, 0.6) is 0 Å². The molecule has 0 aliphatic heterocycles. The standard InChI is InChI=1S/C12H21N3O2/c1-9(2)15(5-6-17-4)12(16)11-7-10(13)8-14(11)3/h7-9H,5-6,13H2,1-4H3. The summed E-state index contributed by atoms with van der Waals surface area (Å²) in [6.07, 6.45) is 1.74. The first-order valence-electron chi connectivity index (χ1n) is 5.69. The number of rotatable bonds is 5. The van der Waals surface area contributed by atoms with E-state index in [1.54, 1.807) is 28.8 Å². The maximum Gasteiger partial charge on any atom is 0.270 e. The lowest BCUT2D eigenvalue weighted by Crippen LogP contribution is -2.40. The Hall–Kier alpha value is -1.49. The molecule has 0 radical (unpaired) electrons. The molecule has 2 N–H and O–H groups in total. The van der Waals surface area contributed by atoms with Crippen molar-refractivity contribution in [2.75, 3.05) is 26.0 Å². The van der Waals surface area contributed by atoms with Crippen LogP contribution in [0.3, 0.4) is 0 Å². The van der Waals surface area contributed by atoms with Gasteiger partial charge in [-0.25, -0.2) is 0 Å². The van der Waals surface area contributed by atoms with Gasteiger partial charge in [0.2, 0.25) is 0 Å². The Bertz CT molecular complexity index is 385. The fraction of sp³-hybridized carbons (Fsp3) is 0.583. The average Bonchev–Trinajstić information content (AvgIpc) is 2.57. The van der Waals surface area contributed by atoms with Gasteiger partial charge in [-0.15, -0.1) is 0 Å². The van der Waals surface area contributed by atoms with Crippen LogP contribution in [0.25, 0.3) is 0 Å². The van der Waals surface area contributed by atoms with E-state index in [-0.39, 0.29) is 11.9 Å². The number of anilines is 1. The number of carbonyl (C=O) groups excluding carboxylic acids is 1. The predicted molar refractivity (Wildman–Crippen MR) is 67.9 cm³/mol. The summed E-state index contributed by atoms with van der Waals surface area (Å²) >= 11 is 0. The fourth-order valence-corrected chi connectivity index (χ4v) is 1.73. The summed E-state index contributed by atoms with van der Waals surface area (Å²) in [5, 5.41) is 0. The summed E-state index contributed by atoms with van der Waals surface area (Å²) in [6.45, 7) is 5.08. The molecule has 0 atom stereocenters. The first-order valence-corrected chi connectivity index (χ1v) is 5.69. The molecule has 0 spiro atoms. The van der Waals surface area contributed by atoms with Crippen molar-refractivity contribution in [2.24, 2.45) is 7.05 Å². The summed E-state index contributed by atoms with van der Waals surface area (Å²) in [6, 6.07) is 1.83. The molecule has 96 valence electrons. The van der Waals surface area contributed by atoms with Gasteiger partial charge in [-0.05, 0) is 19.9 Å². The maximum absolute atomic E-state index is 12.3. The van der Waals surface area contributed by atoms with Gasteiger partial charge in [-0.3, -0.25) is 4.79 Å². The monoisotopic (exact) mass is 239 g/mol. The molecule has 0 aliphatic carbocycles. The Morgan fingerprint density at radius 3 is 2.65 bits per heavy atom. The Morgan fingerprint density at radius 1 is 1.59 bits per heavy atom. The highest BCUT2D eigenvalue weighted by Crippen LogP contribution is 2.13. The quantitative estimate of drug-likeness (QED) is 0.837. The van der Waals surface area contributed by atoms with Crippen LogP contribution in [-0.4, -0.2) is 41.7 Å². The Morgan fingerprint density at radius 2 is 2.24 bits per heavy atom. The van der Waals surface area contributed by atoms with E-state index in [2.05, 4.69) is 0 Å². The first-order chi connectivity index (χ1) is 7.97. The van der Waals surface area contributed by atoms with E-state index in [9.17, 15) is 4.79 Å². The van der Waals surface area contributed by atoms with Crippen molar-refractivity contribution < 1.29 is 9.53 Å². The number of carbonyl (C=O) groups is 1. The van der Waals surface area contributed by atoms with Crippen molar-refractivity contribution in [3.05, 3.63) is 18.0 Å². The maximum atomic E-state index is 12.3. The third kappa shape index (κ3) is 3.23. The molecule has 5 heteroatoms. The van der Waals surface area contributed by atoms with Gasteiger partial charge in [0.15, 0.2) is 0 Å². The normalized spacial score (nSPS) is 10.9. The van der Waals surface area contributed by atoms with Gasteiger partial charge < -0.3 is 19.9 Å². The summed E-state index contributed by atoms with van der Waals surface area (Å²) in [5.74, 6) is -0.0174. The van der Waals surface area contributed by atoms with Crippen LogP contribution in [-0.2, 0) is 11.8 Å². The zero-order valence-electron chi connectivity index (χ0n) is 10.9. The minimum Gasteiger partial charge on any atom is -0.397 e. The van der Waals surface area contributed by atoms with Crippen molar-refractivity contribution in [3.63, 3.8) is 0 Å². The molecule has 17 heavy (non-hydrogen) atoms.